The number of carbonyl (C=O) groups is 1. The highest BCUT2D eigenvalue weighted by Crippen LogP contribution is 2.12. The average Bonchev–Trinajstić information content (AvgIpc) is 2.52. The molecule has 0 saturated heterocycles. The Balaban J connectivity index is 2.30. The standard InChI is InChI=1S/C9H12OS/c1-11-7-6-9(10)8-4-2-3-5-8/h2-5,8H,6-7H2,1H3. The SMILES string of the molecule is CSCCC(=O)C1C=CC=C1. The topological polar surface area (TPSA) is 17.1 Å². The van der Waals surface area contributed by atoms with Crippen molar-refractivity contribution in [2.75, 3.05) is 12.0 Å². The first-order chi connectivity index (χ1) is 5.34. The van der Waals surface area contributed by atoms with Crippen molar-refractivity contribution in [1.82, 2.24) is 0 Å². The van der Waals surface area contributed by atoms with Gasteiger partial charge in [-0.05, 0) is 12.0 Å². The largest absolute Gasteiger partial charge is 0.299 e. The van der Waals surface area contributed by atoms with Crippen molar-refractivity contribution in [2.24, 2.45) is 5.92 Å². The number of hydrogen-bond donors (Lipinski definition) is 0. The summed E-state index contributed by atoms with van der Waals surface area (Å²) in [4.78, 5) is 11.3. The van der Waals surface area contributed by atoms with E-state index in [1.165, 1.54) is 0 Å². The van der Waals surface area contributed by atoms with Crippen molar-refractivity contribution >= 4 is 17.5 Å². The summed E-state index contributed by atoms with van der Waals surface area (Å²) in [6.07, 6.45) is 10.5. The van der Waals surface area contributed by atoms with Gasteiger partial charge in [-0.25, -0.2) is 0 Å². The molecule has 0 radical (unpaired) electrons. The van der Waals surface area contributed by atoms with E-state index in [4.69, 9.17) is 0 Å². The third-order valence-corrected chi connectivity index (χ3v) is 2.28. The number of thioether (sulfide) groups is 1. The lowest BCUT2D eigenvalue weighted by molar-refractivity contribution is -0.119. The molecule has 0 atom stereocenters. The van der Waals surface area contributed by atoms with E-state index in [0.29, 0.717) is 12.2 Å². The smallest absolute Gasteiger partial charge is 0.144 e. The first-order valence-corrected chi connectivity index (χ1v) is 5.10. The molecular formula is C9H12OS. The molecule has 11 heavy (non-hydrogen) atoms. The quantitative estimate of drug-likeness (QED) is 0.639. The Hall–Kier alpha value is -0.500. The molecule has 0 bridgehead atoms. The summed E-state index contributed by atoms with van der Waals surface area (Å²) in [6.45, 7) is 0. The van der Waals surface area contributed by atoms with E-state index >= 15 is 0 Å². The Kier molecular flexibility index (Phi) is 3.43. The fourth-order valence-corrected chi connectivity index (χ4v) is 1.42. The van der Waals surface area contributed by atoms with Gasteiger partial charge in [0.05, 0.1) is 5.92 Å². The number of allylic oxidation sites excluding steroid dienone is 4. The van der Waals surface area contributed by atoms with Crippen LogP contribution in [0.4, 0.5) is 0 Å². The summed E-state index contributed by atoms with van der Waals surface area (Å²) in [5.41, 5.74) is 0. The number of ketones is 1. The van der Waals surface area contributed by atoms with Crippen LogP contribution in [0.25, 0.3) is 0 Å². The van der Waals surface area contributed by atoms with E-state index in [9.17, 15) is 4.79 Å². The van der Waals surface area contributed by atoms with Gasteiger partial charge in [-0.3, -0.25) is 4.79 Å². The predicted octanol–water partition coefficient (Wildman–Crippen LogP) is 2.05. The normalized spacial score (nSPS) is 16.1. The lowest BCUT2D eigenvalue weighted by atomic mass is 10.1. The van der Waals surface area contributed by atoms with Crippen LogP contribution in [0.1, 0.15) is 6.42 Å². The van der Waals surface area contributed by atoms with Crippen molar-refractivity contribution < 1.29 is 4.79 Å². The molecule has 1 aliphatic rings. The van der Waals surface area contributed by atoms with Crippen LogP contribution in [0.5, 0.6) is 0 Å². The van der Waals surface area contributed by atoms with E-state index < -0.39 is 0 Å². The van der Waals surface area contributed by atoms with Gasteiger partial charge < -0.3 is 0 Å². The molecule has 0 fully saturated rings. The van der Waals surface area contributed by atoms with Crippen LogP contribution in [0.15, 0.2) is 24.3 Å². The fraction of sp³-hybridized carbons (Fsp3) is 0.444. The maximum atomic E-state index is 11.3. The van der Waals surface area contributed by atoms with E-state index in [-0.39, 0.29) is 5.92 Å². The van der Waals surface area contributed by atoms with Gasteiger partial charge >= 0.3 is 0 Å². The van der Waals surface area contributed by atoms with Crippen molar-refractivity contribution in [3.63, 3.8) is 0 Å². The second-order valence-electron chi connectivity index (χ2n) is 2.50. The van der Waals surface area contributed by atoms with Crippen molar-refractivity contribution in [2.45, 2.75) is 6.42 Å². The molecule has 2 heteroatoms. The molecule has 0 unspecified atom stereocenters. The molecule has 1 rings (SSSR count). The van der Waals surface area contributed by atoms with Gasteiger partial charge in [0.25, 0.3) is 0 Å². The van der Waals surface area contributed by atoms with Gasteiger partial charge in [-0.2, -0.15) is 11.8 Å². The Bertz CT molecular complexity index is 182. The van der Waals surface area contributed by atoms with Gasteiger partial charge in [-0.15, -0.1) is 0 Å². The van der Waals surface area contributed by atoms with Crippen LogP contribution in [0.3, 0.4) is 0 Å². The van der Waals surface area contributed by atoms with Gasteiger partial charge in [0.15, 0.2) is 0 Å². The molecule has 0 aromatic heterocycles. The molecule has 0 aromatic carbocycles. The molecule has 1 nitrogen and oxygen atoms in total. The average molecular weight is 168 g/mol. The molecule has 60 valence electrons. The van der Waals surface area contributed by atoms with E-state index in [1.807, 2.05) is 30.6 Å². The maximum Gasteiger partial charge on any atom is 0.144 e. The molecule has 0 heterocycles. The molecule has 0 N–H and O–H groups in total. The van der Waals surface area contributed by atoms with Gasteiger partial charge in [0.1, 0.15) is 5.78 Å². The molecule has 0 saturated carbocycles. The Morgan fingerprint density at radius 2 is 2.09 bits per heavy atom. The predicted molar refractivity (Wildman–Crippen MR) is 49.8 cm³/mol. The Morgan fingerprint density at radius 1 is 1.45 bits per heavy atom. The first-order valence-electron chi connectivity index (χ1n) is 3.71. The first kappa shape index (κ1) is 8.60. The van der Waals surface area contributed by atoms with Crippen molar-refractivity contribution in [1.29, 1.82) is 0 Å². The van der Waals surface area contributed by atoms with Crippen LogP contribution in [-0.2, 0) is 4.79 Å². The van der Waals surface area contributed by atoms with Crippen LogP contribution in [0.2, 0.25) is 0 Å². The molecule has 0 aromatic rings. The van der Waals surface area contributed by atoms with Crippen molar-refractivity contribution in [3.05, 3.63) is 24.3 Å². The van der Waals surface area contributed by atoms with Gasteiger partial charge in [0.2, 0.25) is 0 Å². The number of Topliss-reactive ketones (excluding diaryl/α,β-unsaturated/α-hetero) is 1. The van der Waals surface area contributed by atoms with Crippen molar-refractivity contribution in [3.8, 4) is 0 Å². The second-order valence-corrected chi connectivity index (χ2v) is 3.49. The minimum absolute atomic E-state index is 0.0714. The van der Waals surface area contributed by atoms with Crippen LogP contribution in [0, 0.1) is 5.92 Å². The minimum Gasteiger partial charge on any atom is -0.299 e. The zero-order valence-electron chi connectivity index (χ0n) is 6.62. The highest BCUT2D eigenvalue weighted by molar-refractivity contribution is 7.98. The van der Waals surface area contributed by atoms with E-state index in [0.717, 1.165) is 5.75 Å². The van der Waals surface area contributed by atoms with E-state index in [1.54, 1.807) is 11.8 Å². The number of rotatable bonds is 4. The van der Waals surface area contributed by atoms with Gasteiger partial charge in [0, 0.05) is 6.42 Å². The summed E-state index contributed by atoms with van der Waals surface area (Å²) in [7, 11) is 0. The molecule has 0 aliphatic heterocycles. The molecular weight excluding hydrogens is 156 g/mol. The number of hydrogen-bond acceptors (Lipinski definition) is 2. The van der Waals surface area contributed by atoms with E-state index in [2.05, 4.69) is 0 Å². The highest BCUT2D eigenvalue weighted by Gasteiger charge is 2.12. The minimum atomic E-state index is 0.0714. The summed E-state index contributed by atoms with van der Waals surface area (Å²) in [5, 5.41) is 0. The molecule has 1 aliphatic carbocycles. The maximum absolute atomic E-state index is 11.3. The number of carbonyl (C=O) groups excluding carboxylic acids is 1. The summed E-state index contributed by atoms with van der Waals surface area (Å²) in [6, 6.07) is 0. The lowest BCUT2D eigenvalue weighted by Gasteiger charge is -2.01. The zero-order chi connectivity index (χ0) is 8.10. The van der Waals surface area contributed by atoms with Gasteiger partial charge in [-0.1, -0.05) is 24.3 Å². The molecule has 0 amide bonds. The third-order valence-electron chi connectivity index (χ3n) is 1.67. The lowest BCUT2D eigenvalue weighted by Crippen LogP contribution is -2.08. The second kappa shape index (κ2) is 4.39. The van der Waals surface area contributed by atoms with Crippen LogP contribution in [-0.4, -0.2) is 17.8 Å². The summed E-state index contributed by atoms with van der Waals surface area (Å²) < 4.78 is 0. The zero-order valence-corrected chi connectivity index (χ0v) is 7.43. The Labute approximate surface area is 71.6 Å². The Morgan fingerprint density at radius 3 is 2.64 bits per heavy atom. The summed E-state index contributed by atoms with van der Waals surface area (Å²) >= 11 is 1.72. The summed E-state index contributed by atoms with van der Waals surface area (Å²) in [5.74, 6) is 1.35. The fourth-order valence-electron chi connectivity index (χ4n) is 1.02. The monoisotopic (exact) mass is 168 g/mol. The third kappa shape index (κ3) is 2.54. The van der Waals surface area contributed by atoms with Crippen LogP contribution >= 0.6 is 11.8 Å². The molecule has 0 spiro atoms. The van der Waals surface area contributed by atoms with Crippen LogP contribution < -0.4 is 0 Å². The highest BCUT2D eigenvalue weighted by atomic mass is 32.2.